The fraction of sp³-hybridized carbons (Fsp3) is 0.533. The van der Waals surface area contributed by atoms with E-state index in [0.717, 1.165) is 31.5 Å². The highest BCUT2D eigenvalue weighted by Crippen LogP contribution is 2.19. The van der Waals surface area contributed by atoms with Gasteiger partial charge in [0.05, 0.1) is 0 Å². The van der Waals surface area contributed by atoms with Crippen LogP contribution in [-0.2, 0) is 11.3 Å². The molecule has 0 bridgehead atoms. The van der Waals surface area contributed by atoms with Gasteiger partial charge >= 0.3 is 0 Å². The van der Waals surface area contributed by atoms with Crippen molar-refractivity contribution in [2.75, 3.05) is 20.1 Å². The topological polar surface area (TPSA) is 41.6 Å². The first kappa shape index (κ1) is 14.8. The number of hydrogen-bond donors (Lipinski definition) is 1. The van der Waals surface area contributed by atoms with Crippen LogP contribution >= 0.6 is 0 Å². The highest BCUT2D eigenvalue weighted by Gasteiger charge is 2.24. The Kier molecular flexibility index (Phi) is 4.95. The lowest BCUT2D eigenvalue weighted by Crippen LogP contribution is -2.38. The molecule has 1 fully saturated rings. The zero-order chi connectivity index (χ0) is 14.5. The van der Waals surface area contributed by atoms with Crippen LogP contribution in [0.15, 0.2) is 18.2 Å². The second-order valence-corrected chi connectivity index (χ2v) is 5.12. The normalized spacial score (nSPS) is 16.2. The summed E-state index contributed by atoms with van der Waals surface area (Å²) in [5, 5.41) is 2.96. The molecule has 4 nitrogen and oxygen atoms in total. The van der Waals surface area contributed by atoms with Crippen molar-refractivity contribution >= 4 is 5.91 Å². The lowest BCUT2D eigenvalue weighted by atomic mass is 10.2. The summed E-state index contributed by atoms with van der Waals surface area (Å²) in [6.07, 6.45) is 1.51. The molecule has 1 aliphatic heterocycles. The Morgan fingerprint density at radius 3 is 2.75 bits per heavy atom. The molecule has 1 unspecified atom stereocenters. The molecule has 1 aromatic rings. The van der Waals surface area contributed by atoms with Gasteiger partial charge in [-0.1, -0.05) is 0 Å². The Bertz CT molecular complexity index is 473. The molecule has 0 radical (unpaired) electrons. The van der Waals surface area contributed by atoms with Crippen LogP contribution in [0.1, 0.15) is 25.3 Å². The third kappa shape index (κ3) is 3.70. The molecule has 20 heavy (non-hydrogen) atoms. The Hall–Kier alpha value is -1.62. The smallest absolute Gasteiger partial charge is 0.263 e. The molecule has 0 aliphatic carbocycles. The van der Waals surface area contributed by atoms with Crippen LogP contribution < -0.4 is 10.1 Å². The van der Waals surface area contributed by atoms with Gasteiger partial charge in [-0.05, 0) is 44.5 Å². The third-order valence-electron chi connectivity index (χ3n) is 3.39. The fourth-order valence-corrected chi connectivity index (χ4v) is 2.44. The number of halogens is 1. The third-order valence-corrected chi connectivity index (χ3v) is 3.39. The molecule has 0 spiro atoms. The number of rotatable bonds is 5. The number of likely N-dealkylation sites (tertiary alicyclic amines) is 1. The molecule has 110 valence electrons. The monoisotopic (exact) mass is 280 g/mol. The highest BCUT2D eigenvalue weighted by atomic mass is 19.1. The zero-order valence-electron chi connectivity index (χ0n) is 12.0. The molecule has 1 heterocycles. The summed E-state index contributed by atoms with van der Waals surface area (Å²) in [7, 11) is 1.80. The van der Waals surface area contributed by atoms with E-state index in [1.54, 1.807) is 24.9 Å². The van der Waals surface area contributed by atoms with E-state index in [-0.39, 0.29) is 11.7 Å². The maximum Gasteiger partial charge on any atom is 0.263 e. The van der Waals surface area contributed by atoms with Gasteiger partial charge in [-0.2, -0.15) is 0 Å². The van der Waals surface area contributed by atoms with Gasteiger partial charge in [0.25, 0.3) is 5.91 Å². The van der Waals surface area contributed by atoms with Gasteiger partial charge in [0.15, 0.2) is 6.10 Å². The van der Waals surface area contributed by atoms with Crippen LogP contribution in [0.25, 0.3) is 0 Å². The number of carbonyl (C=O) groups excluding carboxylic acids is 1. The molecule has 5 heteroatoms. The average Bonchev–Trinajstić information content (AvgIpc) is 2.91. The predicted molar refractivity (Wildman–Crippen MR) is 75.1 cm³/mol. The first-order valence-electron chi connectivity index (χ1n) is 6.99. The minimum absolute atomic E-state index is 0.0260. The number of nitrogens with one attached hydrogen (secondary N) is 1. The average molecular weight is 280 g/mol. The van der Waals surface area contributed by atoms with Gasteiger partial charge < -0.3 is 15.0 Å². The second-order valence-electron chi connectivity index (χ2n) is 5.12. The predicted octanol–water partition coefficient (Wildman–Crippen LogP) is 1.93. The van der Waals surface area contributed by atoms with Crippen LogP contribution in [0.3, 0.4) is 0 Å². The summed E-state index contributed by atoms with van der Waals surface area (Å²) < 4.78 is 19.1. The maximum atomic E-state index is 13.5. The first-order chi connectivity index (χ1) is 9.60. The second kappa shape index (κ2) is 6.70. The quantitative estimate of drug-likeness (QED) is 0.896. The van der Waals surface area contributed by atoms with Crippen LogP contribution in [0.4, 0.5) is 4.39 Å². The zero-order valence-corrected chi connectivity index (χ0v) is 12.0. The minimum Gasteiger partial charge on any atom is -0.481 e. The molecule has 1 saturated heterocycles. The molecule has 1 atom stereocenters. The first-order valence-corrected chi connectivity index (χ1v) is 6.99. The van der Waals surface area contributed by atoms with Gasteiger partial charge in [0.1, 0.15) is 11.6 Å². The van der Waals surface area contributed by atoms with Crippen LogP contribution in [0.2, 0.25) is 0 Å². The summed E-state index contributed by atoms with van der Waals surface area (Å²) in [5.41, 5.74) is 0.795. The van der Waals surface area contributed by atoms with Crippen molar-refractivity contribution in [3.8, 4) is 5.75 Å². The molecule has 0 aromatic heterocycles. The summed E-state index contributed by atoms with van der Waals surface area (Å²) in [6.45, 7) is 3.85. The van der Waals surface area contributed by atoms with E-state index in [1.807, 2.05) is 0 Å². The molecule has 1 N–H and O–H groups in total. The van der Waals surface area contributed by atoms with E-state index in [1.165, 1.54) is 12.1 Å². The largest absolute Gasteiger partial charge is 0.481 e. The van der Waals surface area contributed by atoms with Crippen molar-refractivity contribution in [2.45, 2.75) is 32.4 Å². The molecular formula is C15H21FN2O2. The van der Waals surface area contributed by atoms with E-state index in [4.69, 9.17) is 4.74 Å². The van der Waals surface area contributed by atoms with E-state index in [9.17, 15) is 9.18 Å². The van der Waals surface area contributed by atoms with Gasteiger partial charge in [-0.3, -0.25) is 4.79 Å². The number of ether oxygens (including phenoxy) is 1. The summed E-state index contributed by atoms with van der Waals surface area (Å²) in [6, 6.07) is 4.52. The number of hydrogen-bond acceptors (Lipinski definition) is 3. The number of carbonyl (C=O) groups is 1. The maximum absolute atomic E-state index is 13.5. The Morgan fingerprint density at radius 1 is 1.40 bits per heavy atom. The Labute approximate surface area is 118 Å². The number of benzene rings is 1. The molecule has 1 amide bonds. The number of nitrogens with zero attached hydrogens (tertiary/aromatic N) is 1. The van der Waals surface area contributed by atoms with Crippen LogP contribution in [-0.4, -0.2) is 37.0 Å². The minimum atomic E-state index is -0.586. The highest BCUT2D eigenvalue weighted by molar-refractivity contribution is 5.81. The Morgan fingerprint density at radius 2 is 2.10 bits per heavy atom. The van der Waals surface area contributed by atoms with Gasteiger partial charge in [-0.25, -0.2) is 4.39 Å². The lowest BCUT2D eigenvalue weighted by Gasteiger charge is -2.21. The number of amides is 1. The van der Waals surface area contributed by atoms with Gasteiger partial charge in [-0.15, -0.1) is 0 Å². The van der Waals surface area contributed by atoms with Crippen molar-refractivity contribution in [3.63, 3.8) is 0 Å². The van der Waals surface area contributed by atoms with Crippen molar-refractivity contribution in [1.82, 2.24) is 10.2 Å². The van der Waals surface area contributed by atoms with Gasteiger partial charge in [0.2, 0.25) is 0 Å². The lowest BCUT2D eigenvalue weighted by molar-refractivity contribution is -0.136. The van der Waals surface area contributed by atoms with Crippen LogP contribution in [0, 0.1) is 5.82 Å². The standard InChI is InChI=1S/C15H21FN2O2/c1-11(15(19)18-5-3-4-6-18)20-14-8-12(10-17-2)7-13(16)9-14/h7-9,11,17H,3-6,10H2,1-2H3. The molecule has 0 saturated carbocycles. The fourth-order valence-electron chi connectivity index (χ4n) is 2.44. The van der Waals surface area contributed by atoms with Crippen molar-refractivity contribution < 1.29 is 13.9 Å². The van der Waals surface area contributed by atoms with E-state index in [0.29, 0.717) is 12.3 Å². The summed E-state index contributed by atoms with van der Waals surface area (Å²) >= 11 is 0. The van der Waals surface area contributed by atoms with E-state index in [2.05, 4.69) is 5.32 Å². The van der Waals surface area contributed by atoms with Crippen LogP contribution in [0.5, 0.6) is 5.75 Å². The SMILES string of the molecule is CNCc1cc(F)cc(OC(C)C(=O)N2CCCC2)c1. The van der Waals surface area contributed by atoms with Crippen molar-refractivity contribution in [2.24, 2.45) is 0 Å². The Balaban J connectivity index is 2.02. The van der Waals surface area contributed by atoms with E-state index < -0.39 is 6.10 Å². The van der Waals surface area contributed by atoms with Crippen molar-refractivity contribution in [3.05, 3.63) is 29.6 Å². The summed E-state index contributed by atoms with van der Waals surface area (Å²) in [5.74, 6) is 0.0193. The molecule has 2 rings (SSSR count). The van der Waals surface area contributed by atoms with E-state index >= 15 is 0 Å². The molecule has 1 aliphatic rings. The summed E-state index contributed by atoms with van der Waals surface area (Å²) in [4.78, 5) is 13.9. The molecule has 1 aromatic carbocycles. The van der Waals surface area contributed by atoms with Crippen molar-refractivity contribution in [1.29, 1.82) is 0 Å². The molecular weight excluding hydrogens is 259 g/mol. The van der Waals surface area contributed by atoms with Gasteiger partial charge in [0, 0.05) is 25.7 Å².